The van der Waals surface area contributed by atoms with Crippen LogP contribution in [0.1, 0.15) is 26.3 Å². The van der Waals surface area contributed by atoms with Gasteiger partial charge in [-0.25, -0.2) is 4.99 Å². The van der Waals surface area contributed by atoms with Gasteiger partial charge in [0, 0.05) is 38.4 Å². The molecular weight excluding hydrogens is 380 g/mol. The Morgan fingerprint density at radius 1 is 1.20 bits per heavy atom. The number of carbonyl (C=O) groups is 2. The molecule has 1 fully saturated rings. The average Bonchev–Trinajstić information content (AvgIpc) is 2.73. The Bertz CT molecular complexity index is 759. The second-order valence-corrected chi connectivity index (χ2v) is 8.15. The van der Waals surface area contributed by atoms with E-state index in [2.05, 4.69) is 34.6 Å². The highest BCUT2D eigenvalue weighted by Gasteiger charge is 2.30. The molecule has 1 atom stereocenters. The lowest BCUT2D eigenvalue weighted by atomic mass is 10.0. The molecular formula is C22H34N6O2. The highest BCUT2D eigenvalue weighted by atomic mass is 16.2. The molecule has 1 aliphatic rings. The summed E-state index contributed by atoms with van der Waals surface area (Å²) in [6.45, 7) is 8.04. The van der Waals surface area contributed by atoms with Crippen LogP contribution in [0.4, 0.5) is 5.69 Å². The zero-order valence-electron chi connectivity index (χ0n) is 18.4. The van der Waals surface area contributed by atoms with Crippen molar-refractivity contribution in [2.24, 2.45) is 10.7 Å². The molecule has 4 N–H and O–H groups in total. The van der Waals surface area contributed by atoms with Gasteiger partial charge in [-0.1, -0.05) is 12.1 Å². The summed E-state index contributed by atoms with van der Waals surface area (Å²) in [7, 11) is 1.96. The average molecular weight is 415 g/mol. The summed E-state index contributed by atoms with van der Waals surface area (Å²) in [6.07, 6.45) is 4.90. The van der Waals surface area contributed by atoms with E-state index in [1.165, 1.54) is 5.56 Å². The molecule has 0 radical (unpaired) electrons. The number of nitrogens with zero attached hydrogens (tertiary/aromatic N) is 3. The van der Waals surface area contributed by atoms with Crippen LogP contribution in [-0.2, 0) is 16.0 Å². The van der Waals surface area contributed by atoms with Crippen molar-refractivity contribution < 1.29 is 9.59 Å². The molecule has 1 aromatic carbocycles. The molecule has 2 rings (SSSR count). The number of rotatable bonds is 8. The van der Waals surface area contributed by atoms with Crippen molar-refractivity contribution in [1.29, 1.82) is 0 Å². The van der Waals surface area contributed by atoms with E-state index in [4.69, 9.17) is 10.7 Å². The van der Waals surface area contributed by atoms with Gasteiger partial charge in [-0.05, 0) is 58.0 Å². The predicted octanol–water partition coefficient (Wildman–Crippen LogP) is 1.01. The van der Waals surface area contributed by atoms with Crippen LogP contribution in [0.15, 0.2) is 41.5 Å². The van der Waals surface area contributed by atoms with Crippen molar-refractivity contribution in [3.05, 3.63) is 42.1 Å². The molecule has 1 saturated heterocycles. The number of benzene rings is 1. The fraction of sp³-hybridized carbons (Fsp3) is 0.500. The minimum absolute atomic E-state index is 0.0508. The van der Waals surface area contributed by atoms with Gasteiger partial charge in [-0.2, -0.15) is 0 Å². The van der Waals surface area contributed by atoms with E-state index < -0.39 is 5.54 Å². The molecule has 2 amide bonds. The zero-order valence-corrected chi connectivity index (χ0v) is 18.4. The summed E-state index contributed by atoms with van der Waals surface area (Å²) in [5, 5.41) is 5.77. The van der Waals surface area contributed by atoms with Gasteiger partial charge in [0.25, 0.3) is 0 Å². The monoisotopic (exact) mass is 414 g/mol. The number of amides is 2. The quantitative estimate of drug-likeness (QED) is 0.335. The maximum absolute atomic E-state index is 12.4. The Morgan fingerprint density at radius 3 is 2.33 bits per heavy atom. The predicted molar refractivity (Wildman–Crippen MR) is 121 cm³/mol. The number of hydrogen-bond acceptors (Lipinski definition) is 5. The van der Waals surface area contributed by atoms with Gasteiger partial charge in [0.15, 0.2) is 0 Å². The van der Waals surface area contributed by atoms with E-state index in [1.54, 1.807) is 31.0 Å². The Kier molecular flexibility index (Phi) is 8.56. The summed E-state index contributed by atoms with van der Waals surface area (Å²) < 4.78 is 0. The van der Waals surface area contributed by atoms with Gasteiger partial charge in [-0.3, -0.25) is 9.59 Å². The van der Waals surface area contributed by atoms with Crippen LogP contribution >= 0.6 is 0 Å². The number of hydrogen-bond donors (Lipinski definition) is 3. The molecule has 1 heterocycles. The van der Waals surface area contributed by atoms with E-state index in [1.807, 2.05) is 19.2 Å². The lowest BCUT2D eigenvalue weighted by Gasteiger charge is -2.38. The van der Waals surface area contributed by atoms with Crippen LogP contribution in [-0.4, -0.2) is 72.8 Å². The fourth-order valence-corrected chi connectivity index (χ4v) is 3.22. The Balaban J connectivity index is 2.12. The van der Waals surface area contributed by atoms with E-state index in [9.17, 15) is 9.59 Å². The first-order chi connectivity index (χ1) is 14.2. The van der Waals surface area contributed by atoms with Gasteiger partial charge < -0.3 is 26.2 Å². The highest BCUT2D eigenvalue weighted by Crippen LogP contribution is 2.17. The third kappa shape index (κ3) is 6.96. The second kappa shape index (κ2) is 10.9. The number of carbonyl (C=O) groups excluding carboxylic acids is 2. The van der Waals surface area contributed by atoms with Gasteiger partial charge in [0.2, 0.25) is 12.3 Å². The molecule has 0 bridgehead atoms. The summed E-state index contributed by atoms with van der Waals surface area (Å²) in [5.41, 5.74) is 7.16. The third-order valence-corrected chi connectivity index (χ3v) is 5.05. The molecule has 1 aliphatic heterocycles. The lowest BCUT2D eigenvalue weighted by molar-refractivity contribution is -0.137. The van der Waals surface area contributed by atoms with Crippen molar-refractivity contribution >= 4 is 23.8 Å². The Labute approximate surface area is 179 Å². The molecule has 1 unspecified atom stereocenters. The zero-order chi connectivity index (χ0) is 22.1. The first-order valence-corrected chi connectivity index (χ1v) is 10.3. The van der Waals surface area contributed by atoms with Gasteiger partial charge in [0.1, 0.15) is 5.84 Å². The standard InChI is InChI=1S/C22H34N6O2/c1-17(24-4)15-18-5-7-19(8-6-18)26-20(9-10-25-16-29)27-11-13-28(14-12-27)21(30)22(2,3)23/h5-10,16-17,24H,11-15,23H2,1-4H3,(H,25,29)/b10-9-,26-20?. The molecule has 0 saturated carbocycles. The molecule has 0 aliphatic carbocycles. The second-order valence-electron chi connectivity index (χ2n) is 8.15. The molecule has 8 nitrogen and oxygen atoms in total. The number of piperazine rings is 1. The summed E-state index contributed by atoms with van der Waals surface area (Å²) in [6, 6.07) is 8.56. The lowest BCUT2D eigenvalue weighted by Crippen LogP contribution is -2.57. The first kappa shape index (κ1) is 23.6. The number of nitrogens with one attached hydrogen (secondary N) is 2. The number of aliphatic imine (C=N–C) groups is 1. The third-order valence-electron chi connectivity index (χ3n) is 5.05. The molecule has 164 valence electrons. The van der Waals surface area contributed by atoms with Crippen molar-refractivity contribution in [1.82, 2.24) is 20.4 Å². The summed E-state index contributed by atoms with van der Waals surface area (Å²) in [4.78, 5) is 31.7. The minimum atomic E-state index is -0.876. The maximum atomic E-state index is 12.4. The van der Waals surface area contributed by atoms with Crippen LogP contribution in [0.2, 0.25) is 0 Å². The van der Waals surface area contributed by atoms with Crippen molar-refractivity contribution in [2.75, 3.05) is 33.2 Å². The number of amidine groups is 1. The molecule has 0 aromatic heterocycles. The largest absolute Gasteiger partial charge is 0.353 e. The van der Waals surface area contributed by atoms with E-state index in [-0.39, 0.29) is 5.91 Å². The van der Waals surface area contributed by atoms with Crippen molar-refractivity contribution in [2.45, 2.75) is 38.8 Å². The SMILES string of the molecule is CNC(C)Cc1ccc(N=C(/C=C\NC=O)N2CCN(C(=O)C(C)(C)N)CC2)cc1. The topological polar surface area (TPSA) is 103 Å². The fourth-order valence-electron chi connectivity index (χ4n) is 3.22. The van der Waals surface area contributed by atoms with Gasteiger partial charge in [0.05, 0.1) is 11.2 Å². The molecule has 8 heteroatoms. The van der Waals surface area contributed by atoms with Crippen LogP contribution in [0, 0.1) is 0 Å². The number of nitrogens with two attached hydrogens (primary N) is 1. The molecule has 1 aromatic rings. The van der Waals surface area contributed by atoms with Gasteiger partial charge >= 0.3 is 0 Å². The van der Waals surface area contributed by atoms with Crippen molar-refractivity contribution in [3.8, 4) is 0 Å². The van der Waals surface area contributed by atoms with Crippen LogP contribution in [0.3, 0.4) is 0 Å². The summed E-state index contributed by atoms with van der Waals surface area (Å²) in [5.74, 6) is 0.685. The minimum Gasteiger partial charge on any atom is -0.353 e. The smallest absolute Gasteiger partial charge is 0.242 e. The molecule has 30 heavy (non-hydrogen) atoms. The van der Waals surface area contributed by atoms with E-state index in [0.29, 0.717) is 38.6 Å². The highest BCUT2D eigenvalue weighted by molar-refractivity contribution is 5.95. The van der Waals surface area contributed by atoms with Crippen molar-refractivity contribution in [3.63, 3.8) is 0 Å². The first-order valence-electron chi connectivity index (χ1n) is 10.3. The van der Waals surface area contributed by atoms with Crippen LogP contribution < -0.4 is 16.4 Å². The molecule has 0 spiro atoms. The van der Waals surface area contributed by atoms with Crippen LogP contribution in [0.5, 0.6) is 0 Å². The number of likely N-dealkylation sites (N-methyl/N-ethyl adjacent to an activating group) is 1. The maximum Gasteiger partial charge on any atom is 0.242 e. The van der Waals surface area contributed by atoms with E-state index >= 15 is 0 Å². The van der Waals surface area contributed by atoms with E-state index in [0.717, 1.165) is 17.9 Å². The normalized spacial score (nSPS) is 16.6. The van der Waals surface area contributed by atoms with Gasteiger partial charge in [-0.15, -0.1) is 0 Å². The Morgan fingerprint density at radius 2 is 1.80 bits per heavy atom. The van der Waals surface area contributed by atoms with Crippen LogP contribution in [0.25, 0.3) is 0 Å². The Hall–Kier alpha value is -2.71. The summed E-state index contributed by atoms with van der Waals surface area (Å²) >= 11 is 0.